The Morgan fingerprint density at radius 1 is 1.09 bits per heavy atom. The molecule has 1 rings (SSSR count). The molecule has 10 heteroatoms. The predicted octanol–water partition coefficient (Wildman–Crippen LogP) is 2.22. The normalized spacial score (nSPS) is 18.6. The standard InChI is InChI=1S/C22H38N2O7S/c1-5-8-9-12-18(22(29)31-7-3)32-14-16(21(28)30-6-2)23-15(4)19(25)24-13-10-11-17(24)20(26)27/h15-18,23H,5-14H2,1-4H3,(H,26,27)/t15-,16?,17-,18+/m0/s1. The third kappa shape index (κ3) is 8.97. The van der Waals surface area contributed by atoms with Gasteiger partial charge in [0.2, 0.25) is 5.91 Å². The van der Waals surface area contributed by atoms with Gasteiger partial charge in [0, 0.05) is 12.3 Å². The molecule has 0 radical (unpaired) electrons. The zero-order valence-electron chi connectivity index (χ0n) is 19.6. The average Bonchev–Trinajstić information content (AvgIpc) is 3.25. The number of hydrogen-bond acceptors (Lipinski definition) is 8. The molecule has 184 valence electrons. The van der Waals surface area contributed by atoms with Crippen LogP contribution in [0.4, 0.5) is 0 Å². The summed E-state index contributed by atoms with van der Waals surface area (Å²) in [5, 5.41) is 11.9. The van der Waals surface area contributed by atoms with Gasteiger partial charge in [-0.3, -0.25) is 19.7 Å². The molecule has 0 aromatic rings. The predicted molar refractivity (Wildman–Crippen MR) is 122 cm³/mol. The molecule has 1 fully saturated rings. The number of ether oxygens (including phenoxy) is 2. The lowest BCUT2D eigenvalue weighted by Gasteiger charge is -2.28. The third-order valence-electron chi connectivity index (χ3n) is 5.30. The van der Waals surface area contributed by atoms with E-state index in [1.54, 1.807) is 20.8 Å². The summed E-state index contributed by atoms with van der Waals surface area (Å²) in [6, 6.07) is -2.42. The number of carboxylic acid groups (broad SMARTS) is 1. The van der Waals surface area contributed by atoms with Crippen LogP contribution in [-0.4, -0.2) is 82.7 Å². The van der Waals surface area contributed by atoms with Crippen molar-refractivity contribution in [3.8, 4) is 0 Å². The quantitative estimate of drug-likeness (QED) is 0.272. The number of hydrogen-bond donors (Lipinski definition) is 2. The van der Waals surface area contributed by atoms with Crippen LogP contribution >= 0.6 is 11.8 Å². The summed E-state index contributed by atoms with van der Waals surface area (Å²) in [7, 11) is 0. The first-order valence-electron chi connectivity index (χ1n) is 11.5. The van der Waals surface area contributed by atoms with Crippen molar-refractivity contribution in [1.29, 1.82) is 0 Å². The SMILES string of the molecule is CCCCC[C@@H](SCC(N[C@@H](C)C(=O)N1CCC[C@H]1C(=O)O)C(=O)OCC)C(=O)OCC. The number of thioether (sulfide) groups is 1. The maximum absolute atomic E-state index is 12.8. The molecule has 0 aromatic heterocycles. The first-order chi connectivity index (χ1) is 15.3. The summed E-state index contributed by atoms with van der Waals surface area (Å²) in [6.45, 7) is 8.00. The summed E-state index contributed by atoms with van der Waals surface area (Å²) in [6.07, 6.45) is 4.61. The minimum absolute atomic E-state index is 0.190. The molecule has 0 aliphatic carbocycles. The van der Waals surface area contributed by atoms with Crippen LogP contribution in [0.1, 0.15) is 66.2 Å². The highest BCUT2D eigenvalue weighted by molar-refractivity contribution is 8.00. The number of unbranched alkanes of at least 4 members (excludes halogenated alkanes) is 2. The lowest BCUT2D eigenvalue weighted by Crippen LogP contribution is -2.54. The Kier molecular flexibility index (Phi) is 13.3. The average molecular weight is 475 g/mol. The van der Waals surface area contributed by atoms with Gasteiger partial charge in [-0.05, 0) is 40.0 Å². The highest BCUT2D eigenvalue weighted by atomic mass is 32.2. The first kappa shape index (κ1) is 28.2. The van der Waals surface area contributed by atoms with Crippen LogP contribution in [-0.2, 0) is 28.7 Å². The topological polar surface area (TPSA) is 122 Å². The molecule has 1 heterocycles. The second-order valence-electron chi connectivity index (χ2n) is 7.79. The summed E-state index contributed by atoms with van der Waals surface area (Å²) in [4.78, 5) is 50.5. The zero-order chi connectivity index (χ0) is 24.1. The van der Waals surface area contributed by atoms with E-state index in [1.807, 2.05) is 0 Å². The van der Waals surface area contributed by atoms with E-state index in [0.29, 0.717) is 25.8 Å². The maximum atomic E-state index is 12.8. The van der Waals surface area contributed by atoms with Crippen LogP contribution < -0.4 is 5.32 Å². The van der Waals surface area contributed by atoms with Crippen LogP contribution in [0.25, 0.3) is 0 Å². The zero-order valence-corrected chi connectivity index (χ0v) is 20.4. The molecule has 9 nitrogen and oxygen atoms in total. The third-order valence-corrected chi connectivity index (χ3v) is 6.65. The largest absolute Gasteiger partial charge is 0.480 e. The molecule has 0 aromatic carbocycles. The molecule has 1 saturated heterocycles. The second kappa shape index (κ2) is 15.1. The van der Waals surface area contributed by atoms with E-state index < -0.39 is 35.3 Å². The van der Waals surface area contributed by atoms with Gasteiger partial charge >= 0.3 is 17.9 Å². The van der Waals surface area contributed by atoms with E-state index in [1.165, 1.54) is 16.7 Å². The second-order valence-corrected chi connectivity index (χ2v) is 9.03. The maximum Gasteiger partial charge on any atom is 0.326 e. The van der Waals surface area contributed by atoms with Crippen molar-refractivity contribution in [2.24, 2.45) is 0 Å². The number of likely N-dealkylation sites (tertiary alicyclic amines) is 1. The lowest BCUT2D eigenvalue weighted by molar-refractivity contribution is -0.150. The van der Waals surface area contributed by atoms with Crippen molar-refractivity contribution in [3.05, 3.63) is 0 Å². The van der Waals surface area contributed by atoms with Crippen LogP contribution in [0.5, 0.6) is 0 Å². The Morgan fingerprint density at radius 2 is 1.75 bits per heavy atom. The number of carboxylic acids is 1. The monoisotopic (exact) mass is 474 g/mol. The van der Waals surface area contributed by atoms with E-state index in [4.69, 9.17) is 9.47 Å². The highest BCUT2D eigenvalue weighted by Gasteiger charge is 2.37. The van der Waals surface area contributed by atoms with Crippen molar-refractivity contribution in [3.63, 3.8) is 0 Å². The number of carbonyl (C=O) groups is 4. The Morgan fingerprint density at radius 3 is 2.34 bits per heavy atom. The van der Waals surface area contributed by atoms with Crippen molar-refractivity contribution >= 4 is 35.6 Å². The van der Waals surface area contributed by atoms with Gasteiger partial charge in [-0.25, -0.2) is 4.79 Å². The lowest BCUT2D eigenvalue weighted by atomic mass is 10.1. The Labute approximate surface area is 194 Å². The summed E-state index contributed by atoms with van der Waals surface area (Å²) < 4.78 is 10.3. The van der Waals surface area contributed by atoms with Gasteiger partial charge < -0.3 is 19.5 Å². The van der Waals surface area contributed by atoms with Gasteiger partial charge in [0.25, 0.3) is 0 Å². The van der Waals surface area contributed by atoms with Crippen molar-refractivity contribution in [2.45, 2.75) is 89.6 Å². The first-order valence-corrected chi connectivity index (χ1v) is 12.6. The van der Waals surface area contributed by atoms with Gasteiger partial charge in [0.15, 0.2) is 0 Å². The summed E-state index contributed by atoms with van der Waals surface area (Å²) in [5.74, 6) is -1.97. The minimum Gasteiger partial charge on any atom is -0.480 e. The molecule has 1 unspecified atom stereocenters. The molecule has 2 N–H and O–H groups in total. The molecule has 32 heavy (non-hydrogen) atoms. The molecule has 1 aliphatic rings. The fourth-order valence-corrected chi connectivity index (χ4v) is 4.83. The molecule has 0 spiro atoms. The number of carbonyl (C=O) groups excluding carboxylic acids is 3. The summed E-state index contributed by atoms with van der Waals surface area (Å²) >= 11 is 1.32. The Balaban J connectivity index is 2.83. The van der Waals surface area contributed by atoms with Gasteiger partial charge in [-0.2, -0.15) is 0 Å². The van der Waals surface area contributed by atoms with E-state index in [0.717, 1.165) is 19.3 Å². The van der Waals surface area contributed by atoms with E-state index in [-0.39, 0.29) is 30.8 Å². The van der Waals surface area contributed by atoms with Crippen LogP contribution in [0.3, 0.4) is 0 Å². The molecule has 1 aliphatic heterocycles. The van der Waals surface area contributed by atoms with Crippen LogP contribution in [0, 0.1) is 0 Å². The smallest absolute Gasteiger partial charge is 0.326 e. The number of nitrogens with one attached hydrogen (secondary N) is 1. The molecule has 0 bridgehead atoms. The fourth-order valence-electron chi connectivity index (χ4n) is 3.63. The van der Waals surface area contributed by atoms with Gasteiger partial charge in [0.05, 0.1) is 19.3 Å². The number of esters is 2. The van der Waals surface area contributed by atoms with Gasteiger partial charge in [0.1, 0.15) is 17.3 Å². The summed E-state index contributed by atoms with van der Waals surface area (Å²) in [5.41, 5.74) is 0. The molecule has 1 amide bonds. The van der Waals surface area contributed by atoms with Gasteiger partial charge in [-0.15, -0.1) is 11.8 Å². The van der Waals surface area contributed by atoms with Crippen LogP contribution in [0.15, 0.2) is 0 Å². The fraction of sp³-hybridized carbons (Fsp3) is 0.818. The van der Waals surface area contributed by atoms with Crippen molar-refractivity contribution < 1.29 is 33.8 Å². The van der Waals surface area contributed by atoms with E-state index >= 15 is 0 Å². The molecule has 0 saturated carbocycles. The number of nitrogens with zero attached hydrogens (tertiary/aromatic N) is 1. The molecule has 4 atom stereocenters. The highest BCUT2D eigenvalue weighted by Crippen LogP contribution is 2.22. The number of rotatable bonds is 15. The number of aliphatic carboxylic acids is 1. The Hall–Kier alpha value is -1.81. The van der Waals surface area contributed by atoms with Crippen molar-refractivity contribution in [2.75, 3.05) is 25.5 Å². The van der Waals surface area contributed by atoms with Crippen molar-refractivity contribution in [1.82, 2.24) is 10.2 Å². The molecular formula is C22H38N2O7S. The Bertz CT molecular complexity index is 631. The van der Waals surface area contributed by atoms with E-state index in [9.17, 15) is 24.3 Å². The number of amides is 1. The molecular weight excluding hydrogens is 436 g/mol. The van der Waals surface area contributed by atoms with Crippen LogP contribution in [0.2, 0.25) is 0 Å². The minimum atomic E-state index is -1.02. The van der Waals surface area contributed by atoms with Gasteiger partial charge in [-0.1, -0.05) is 26.2 Å². The van der Waals surface area contributed by atoms with E-state index in [2.05, 4.69) is 12.2 Å².